The predicted molar refractivity (Wildman–Crippen MR) is 108 cm³/mol. The van der Waals surface area contributed by atoms with Crippen molar-refractivity contribution in [2.24, 2.45) is 0 Å². The van der Waals surface area contributed by atoms with Crippen LogP contribution in [0.5, 0.6) is 5.75 Å². The Balaban J connectivity index is 2.40. The van der Waals surface area contributed by atoms with E-state index in [-0.39, 0.29) is 16.6 Å². The van der Waals surface area contributed by atoms with Crippen LogP contribution in [0.2, 0.25) is 0 Å². The highest BCUT2D eigenvalue weighted by atomic mass is 79.9. The van der Waals surface area contributed by atoms with Gasteiger partial charge in [0.1, 0.15) is 10.6 Å². The number of ether oxygens (including phenoxy) is 1. The third-order valence-electron chi connectivity index (χ3n) is 3.62. The average molecular weight is 461 g/mol. The molecule has 0 fully saturated rings. The first kappa shape index (κ1) is 20.9. The van der Waals surface area contributed by atoms with Gasteiger partial charge in [0.15, 0.2) is 0 Å². The number of halogens is 1. The largest absolute Gasteiger partial charge is 0.492 e. The van der Waals surface area contributed by atoms with Crippen molar-refractivity contribution in [3.05, 3.63) is 39.0 Å². The summed E-state index contributed by atoms with van der Waals surface area (Å²) < 4.78 is 33.5. The van der Waals surface area contributed by atoms with Gasteiger partial charge in [-0.1, -0.05) is 13.8 Å². The molecular weight excluding hydrogens is 440 g/mol. The van der Waals surface area contributed by atoms with Crippen molar-refractivity contribution in [1.82, 2.24) is 4.31 Å². The Morgan fingerprint density at radius 3 is 2.42 bits per heavy atom. The van der Waals surface area contributed by atoms with Gasteiger partial charge in [0.2, 0.25) is 10.0 Å². The third-order valence-corrected chi connectivity index (χ3v) is 7.32. The van der Waals surface area contributed by atoms with Gasteiger partial charge in [-0.2, -0.15) is 4.31 Å². The van der Waals surface area contributed by atoms with E-state index in [1.54, 1.807) is 45.0 Å². The molecule has 1 heterocycles. The molecule has 0 aliphatic rings. The fraction of sp³-hybridized carbons (Fsp3) is 0.353. The molecule has 1 amide bonds. The first-order valence-electron chi connectivity index (χ1n) is 8.17. The van der Waals surface area contributed by atoms with Gasteiger partial charge in [-0.05, 0) is 53.2 Å². The van der Waals surface area contributed by atoms with E-state index >= 15 is 0 Å². The number of amides is 1. The predicted octanol–water partition coefficient (Wildman–Crippen LogP) is 4.19. The SMILES string of the molecule is CCOc1ccc(NC(=O)c2ccc(Br)s2)cc1S(=O)(=O)N(CC)CC. The third kappa shape index (κ3) is 4.64. The second kappa shape index (κ2) is 8.98. The quantitative estimate of drug-likeness (QED) is 0.640. The molecule has 0 unspecified atom stereocenters. The standard InChI is InChI=1S/C17H21BrN2O4S2/c1-4-20(5-2)26(22,23)15-11-12(7-8-13(15)24-6-3)19-17(21)14-9-10-16(18)25-14/h7-11H,4-6H2,1-3H3,(H,19,21). The lowest BCUT2D eigenvalue weighted by molar-refractivity contribution is 0.103. The molecule has 0 bridgehead atoms. The van der Waals surface area contributed by atoms with Crippen LogP contribution in [0.25, 0.3) is 0 Å². The van der Waals surface area contributed by atoms with E-state index in [1.165, 1.54) is 21.7 Å². The number of carbonyl (C=O) groups excluding carboxylic acids is 1. The Morgan fingerprint density at radius 2 is 1.88 bits per heavy atom. The van der Waals surface area contributed by atoms with Crippen LogP contribution >= 0.6 is 27.3 Å². The molecule has 1 aromatic carbocycles. The van der Waals surface area contributed by atoms with Crippen LogP contribution in [0.1, 0.15) is 30.4 Å². The minimum absolute atomic E-state index is 0.0493. The van der Waals surface area contributed by atoms with E-state index in [2.05, 4.69) is 21.2 Å². The van der Waals surface area contributed by atoms with Crippen molar-refractivity contribution < 1.29 is 17.9 Å². The van der Waals surface area contributed by atoms with Crippen molar-refractivity contribution in [2.45, 2.75) is 25.7 Å². The molecule has 1 aromatic heterocycles. The first-order chi connectivity index (χ1) is 12.3. The Kier molecular flexibility index (Phi) is 7.22. The molecule has 2 rings (SSSR count). The van der Waals surface area contributed by atoms with Gasteiger partial charge in [0.25, 0.3) is 5.91 Å². The van der Waals surface area contributed by atoms with Crippen LogP contribution in [0, 0.1) is 0 Å². The second-order valence-corrected chi connectivity index (χ2v) is 9.61. The lowest BCUT2D eigenvalue weighted by atomic mass is 10.3. The summed E-state index contributed by atoms with van der Waals surface area (Å²) in [7, 11) is -3.72. The number of nitrogens with one attached hydrogen (secondary N) is 1. The minimum Gasteiger partial charge on any atom is -0.492 e. The second-order valence-electron chi connectivity index (χ2n) is 5.24. The maximum absolute atomic E-state index is 12.9. The normalized spacial score (nSPS) is 11.6. The van der Waals surface area contributed by atoms with Gasteiger partial charge in [-0.3, -0.25) is 4.79 Å². The zero-order valence-electron chi connectivity index (χ0n) is 14.8. The molecule has 0 aliphatic heterocycles. The lowest BCUT2D eigenvalue weighted by Gasteiger charge is -2.21. The van der Waals surface area contributed by atoms with E-state index < -0.39 is 10.0 Å². The molecule has 0 atom stereocenters. The van der Waals surface area contributed by atoms with Gasteiger partial charge in [0.05, 0.1) is 15.3 Å². The van der Waals surface area contributed by atoms with Crippen LogP contribution in [0.15, 0.2) is 39.0 Å². The van der Waals surface area contributed by atoms with Crippen molar-refractivity contribution in [3.8, 4) is 5.75 Å². The molecule has 9 heteroatoms. The van der Waals surface area contributed by atoms with Crippen molar-refractivity contribution in [2.75, 3.05) is 25.0 Å². The van der Waals surface area contributed by atoms with E-state index in [1.807, 2.05) is 0 Å². The molecule has 0 radical (unpaired) electrons. The Hall–Kier alpha value is -1.42. The Labute approximate surface area is 166 Å². The number of sulfonamides is 1. The van der Waals surface area contributed by atoms with E-state index in [0.717, 1.165) is 3.79 Å². The summed E-state index contributed by atoms with van der Waals surface area (Å²) in [6.07, 6.45) is 0. The summed E-state index contributed by atoms with van der Waals surface area (Å²) in [5.74, 6) is -0.0210. The summed E-state index contributed by atoms with van der Waals surface area (Å²) in [6.45, 7) is 6.39. The number of nitrogens with zero attached hydrogens (tertiary/aromatic N) is 1. The monoisotopic (exact) mass is 460 g/mol. The molecule has 26 heavy (non-hydrogen) atoms. The fourth-order valence-corrected chi connectivity index (χ4v) is 5.29. The molecule has 0 spiro atoms. The highest BCUT2D eigenvalue weighted by Gasteiger charge is 2.26. The van der Waals surface area contributed by atoms with Crippen LogP contribution < -0.4 is 10.1 Å². The molecule has 0 saturated carbocycles. The van der Waals surface area contributed by atoms with E-state index in [4.69, 9.17) is 4.74 Å². The summed E-state index contributed by atoms with van der Waals surface area (Å²) in [5, 5.41) is 2.74. The molecular formula is C17H21BrN2O4S2. The summed E-state index contributed by atoms with van der Waals surface area (Å²) >= 11 is 4.62. The topological polar surface area (TPSA) is 75.7 Å². The number of rotatable bonds is 8. The highest BCUT2D eigenvalue weighted by molar-refractivity contribution is 9.11. The summed E-state index contributed by atoms with van der Waals surface area (Å²) in [5.41, 5.74) is 0.397. The zero-order chi connectivity index (χ0) is 19.3. The minimum atomic E-state index is -3.72. The van der Waals surface area contributed by atoms with Crippen LogP contribution in [-0.4, -0.2) is 38.3 Å². The Morgan fingerprint density at radius 1 is 1.19 bits per heavy atom. The van der Waals surface area contributed by atoms with Gasteiger partial charge in [-0.15, -0.1) is 11.3 Å². The van der Waals surface area contributed by atoms with E-state index in [9.17, 15) is 13.2 Å². The molecule has 1 N–H and O–H groups in total. The summed E-state index contributed by atoms with van der Waals surface area (Å²) in [6, 6.07) is 8.13. The average Bonchev–Trinajstić information content (AvgIpc) is 3.04. The van der Waals surface area contributed by atoms with Crippen molar-refractivity contribution in [3.63, 3.8) is 0 Å². The summed E-state index contributed by atoms with van der Waals surface area (Å²) in [4.78, 5) is 12.9. The van der Waals surface area contributed by atoms with E-state index in [0.29, 0.717) is 30.3 Å². The number of hydrogen-bond donors (Lipinski definition) is 1. The zero-order valence-corrected chi connectivity index (χ0v) is 18.0. The van der Waals surface area contributed by atoms with Crippen molar-refractivity contribution >= 4 is 48.9 Å². The van der Waals surface area contributed by atoms with Crippen LogP contribution in [0.4, 0.5) is 5.69 Å². The van der Waals surface area contributed by atoms with Gasteiger partial charge in [0, 0.05) is 18.8 Å². The van der Waals surface area contributed by atoms with Gasteiger partial charge >= 0.3 is 0 Å². The number of thiophene rings is 1. The number of hydrogen-bond acceptors (Lipinski definition) is 5. The lowest BCUT2D eigenvalue weighted by Crippen LogP contribution is -2.31. The number of benzene rings is 1. The fourth-order valence-electron chi connectivity index (χ4n) is 2.39. The number of anilines is 1. The highest BCUT2D eigenvalue weighted by Crippen LogP contribution is 2.31. The molecule has 6 nitrogen and oxygen atoms in total. The Bertz CT molecular complexity index is 877. The number of carbonyl (C=O) groups is 1. The molecule has 142 valence electrons. The maximum Gasteiger partial charge on any atom is 0.265 e. The van der Waals surface area contributed by atoms with Gasteiger partial charge in [-0.25, -0.2) is 8.42 Å². The maximum atomic E-state index is 12.9. The van der Waals surface area contributed by atoms with Crippen molar-refractivity contribution in [1.29, 1.82) is 0 Å². The molecule has 0 aliphatic carbocycles. The smallest absolute Gasteiger partial charge is 0.265 e. The molecule has 2 aromatic rings. The first-order valence-corrected chi connectivity index (χ1v) is 11.2. The van der Waals surface area contributed by atoms with Crippen LogP contribution in [-0.2, 0) is 10.0 Å². The van der Waals surface area contributed by atoms with Crippen LogP contribution in [0.3, 0.4) is 0 Å². The van der Waals surface area contributed by atoms with Gasteiger partial charge < -0.3 is 10.1 Å². The molecule has 0 saturated heterocycles.